The predicted molar refractivity (Wildman–Crippen MR) is 174 cm³/mol. The summed E-state index contributed by atoms with van der Waals surface area (Å²) in [4.78, 5) is 13.5. The standard InChI is InChI=1S/C36H58O8/c1-13-29-28(8)32(41-11)21-36(42-12,44-29)27(7)20-26(6)34-30(39-9)16-14-15-22(2)17-24(4)33(37)25(5)18-23(3)19-31(40-10)35(38)43-34/h14-16,18-20,24-26,28-30,32-34,37H,13,17,21H2,1-12H3/b16-14?,22-15?,23-18?,27-20+,31-19?/t24-,25?,26?,28-,29?,30-,32?,33?,34?,36?/m0/s1. The molecular formula is C36H58O8. The van der Waals surface area contributed by atoms with Gasteiger partial charge in [0.1, 0.15) is 12.2 Å². The summed E-state index contributed by atoms with van der Waals surface area (Å²) in [6.07, 6.45) is 11.8. The number of ether oxygens (including phenoxy) is 6. The summed E-state index contributed by atoms with van der Waals surface area (Å²) in [6, 6.07) is 0. The van der Waals surface area contributed by atoms with E-state index >= 15 is 0 Å². The van der Waals surface area contributed by atoms with Crippen molar-refractivity contribution in [1.29, 1.82) is 0 Å². The van der Waals surface area contributed by atoms with Crippen LogP contribution in [-0.4, -0.2) is 75.8 Å². The molecule has 1 saturated heterocycles. The van der Waals surface area contributed by atoms with Crippen molar-refractivity contribution in [2.24, 2.45) is 23.7 Å². The molecule has 0 aromatic carbocycles. The van der Waals surface area contributed by atoms with E-state index in [4.69, 9.17) is 28.4 Å². The number of methoxy groups -OCH3 is 4. The van der Waals surface area contributed by atoms with Gasteiger partial charge in [0.2, 0.25) is 5.76 Å². The maximum Gasteiger partial charge on any atom is 0.373 e. The first kappa shape index (κ1) is 38.0. The Morgan fingerprint density at radius 1 is 1.16 bits per heavy atom. The van der Waals surface area contributed by atoms with Gasteiger partial charge in [-0.15, -0.1) is 0 Å². The summed E-state index contributed by atoms with van der Waals surface area (Å²) < 4.78 is 36.1. The number of esters is 1. The lowest BCUT2D eigenvalue weighted by Crippen LogP contribution is -2.53. The van der Waals surface area contributed by atoms with Crippen LogP contribution in [0.25, 0.3) is 0 Å². The normalized spacial score (nSPS) is 35.7. The van der Waals surface area contributed by atoms with Crippen molar-refractivity contribution in [3.8, 4) is 0 Å². The number of aliphatic hydroxyl groups excluding tert-OH is 1. The lowest BCUT2D eigenvalue weighted by molar-refractivity contribution is -0.282. The van der Waals surface area contributed by atoms with Crippen LogP contribution in [0.1, 0.15) is 74.7 Å². The largest absolute Gasteiger partial charge is 0.490 e. The van der Waals surface area contributed by atoms with E-state index < -0.39 is 30.1 Å². The monoisotopic (exact) mass is 618 g/mol. The molecule has 44 heavy (non-hydrogen) atoms. The fourth-order valence-corrected chi connectivity index (χ4v) is 6.50. The van der Waals surface area contributed by atoms with Gasteiger partial charge in [0.25, 0.3) is 0 Å². The van der Waals surface area contributed by atoms with Crippen molar-refractivity contribution >= 4 is 5.97 Å². The van der Waals surface area contributed by atoms with Gasteiger partial charge in [0, 0.05) is 45.5 Å². The van der Waals surface area contributed by atoms with E-state index in [1.165, 1.54) is 7.11 Å². The van der Waals surface area contributed by atoms with E-state index in [1.807, 2.05) is 65.0 Å². The molecule has 10 atom stereocenters. The highest BCUT2D eigenvalue weighted by atomic mass is 16.7. The highest BCUT2D eigenvalue weighted by Gasteiger charge is 2.47. The molecule has 250 valence electrons. The van der Waals surface area contributed by atoms with Gasteiger partial charge >= 0.3 is 5.97 Å². The van der Waals surface area contributed by atoms with Gasteiger partial charge in [-0.1, -0.05) is 76.1 Å². The molecule has 0 radical (unpaired) electrons. The minimum Gasteiger partial charge on any atom is -0.490 e. The molecule has 2 heterocycles. The number of aliphatic hydroxyl groups is 1. The summed E-state index contributed by atoms with van der Waals surface area (Å²) in [7, 11) is 6.44. The Morgan fingerprint density at radius 2 is 1.84 bits per heavy atom. The third-order valence-electron chi connectivity index (χ3n) is 9.24. The molecule has 0 bridgehead atoms. The number of carbonyl (C=O) groups excluding carboxylic acids is 1. The van der Waals surface area contributed by atoms with E-state index in [2.05, 4.69) is 20.8 Å². The van der Waals surface area contributed by atoms with Crippen molar-refractivity contribution in [3.05, 3.63) is 58.9 Å². The van der Waals surface area contributed by atoms with Gasteiger partial charge in [-0.25, -0.2) is 4.79 Å². The molecular weight excluding hydrogens is 560 g/mol. The molecule has 0 saturated carbocycles. The minimum absolute atomic E-state index is 0.0327. The fourth-order valence-electron chi connectivity index (χ4n) is 6.50. The van der Waals surface area contributed by atoms with Crippen LogP contribution in [-0.2, 0) is 33.2 Å². The van der Waals surface area contributed by atoms with Gasteiger partial charge in [-0.05, 0) is 51.2 Å². The molecule has 2 rings (SSSR count). The van der Waals surface area contributed by atoms with Crippen molar-refractivity contribution < 1.29 is 38.3 Å². The Morgan fingerprint density at radius 3 is 2.41 bits per heavy atom. The number of hydrogen-bond donors (Lipinski definition) is 1. The SMILES string of the molecule is CCC1OC(OC)(/C(C)=C/C(C)C2OC(=O)C(OC)=CC(C)=CC(C)C(O)[C@@H](C)CC(C)=CC=C[C@@H]2OC)CC(OC)[C@H]1C. The third kappa shape index (κ3) is 9.63. The number of rotatable bonds is 8. The van der Waals surface area contributed by atoms with Gasteiger partial charge in [-0.2, -0.15) is 0 Å². The van der Waals surface area contributed by atoms with E-state index in [1.54, 1.807) is 27.4 Å². The fraction of sp³-hybridized carbons (Fsp3) is 0.694. The predicted octanol–water partition coefficient (Wildman–Crippen LogP) is 6.70. The molecule has 0 aromatic rings. The highest BCUT2D eigenvalue weighted by Crippen LogP contribution is 2.41. The van der Waals surface area contributed by atoms with Crippen LogP contribution in [0.4, 0.5) is 0 Å². The smallest absolute Gasteiger partial charge is 0.373 e. The maximum atomic E-state index is 13.5. The van der Waals surface area contributed by atoms with Gasteiger partial charge in [-0.3, -0.25) is 0 Å². The first-order chi connectivity index (χ1) is 20.8. The van der Waals surface area contributed by atoms with Gasteiger partial charge in [0.05, 0.1) is 25.4 Å². The molecule has 8 heteroatoms. The zero-order chi connectivity index (χ0) is 33.2. The Labute approximate surface area is 266 Å². The number of carbonyl (C=O) groups is 1. The second-order valence-electron chi connectivity index (χ2n) is 12.7. The van der Waals surface area contributed by atoms with E-state index in [9.17, 15) is 9.90 Å². The van der Waals surface area contributed by atoms with Crippen LogP contribution < -0.4 is 0 Å². The van der Waals surface area contributed by atoms with Crippen LogP contribution >= 0.6 is 0 Å². The highest BCUT2D eigenvalue weighted by molar-refractivity contribution is 5.87. The summed E-state index contributed by atoms with van der Waals surface area (Å²) in [5, 5.41) is 10.9. The first-order valence-corrected chi connectivity index (χ1v) is 15.9. The summed E-state index contributed by atoms with van der Waals surface area (Å²) in [5.41, 5.74) is 2.80. The molecule has 8 nitrogen and oxygen atoms in total. The van der Waals surface area contributed by atoms with Crippen LogP contribution in [0.2, 0.25) is 0 Å². The maximum absolute atomic E-state index is 13.5. The molecule has 1 fully saturated rings. The lowest BCUT2D eigenvalue weighted by Gasteiger charge is -2.47. The summed E-state index contributed by atoms with van der Waals surface area (Å²) in [5.74, 6) is -1.65. The third-order valence-corrected chi connectivity index (χ3v) is 9.24. The van der Waals surface area contributed by atoms with Gasteiger partial charge < -0.3 is 33.5 Å². The number of hydrogen-bond acceptors (Lipinski definition) is 8. The average Bonchev–Trinajstić information content (AvgIpc) is 2.99. The number of cyclic esters (lactones) is 1. The Bertz CT molecular complexity index is 1070. The van der Waals surface area contributed by atoms with Crippen LogP contribution in [0.3, 0.4) is 0 Å². The Balaban J connectivity index is 2.58. The second-order valence-corrected chi connectivity index (χ2v) is 12.7. The minimum atomic E-state index is -0.972. The molecule has 0 aromatic heterocycles. The molecule has 0 aliphatic carbocycles. The van der Waals surface area contributed by atoms with Crippen molar-refractivity contribution in [1.82, 2.24) is 0 Å². The molecule has 2 aliphatic rings. The molecule has 0 amide bonds. The Kier molecular flexibility index (Phi) is 15.1. The molecule has 2 aliphatic heterocycles. The quantitative estimate of drug-likeness (QED) is 0.237. The van der Waals surface area contributed by atoms with E-state index in [0.717, 1.165) is 29.6 Å². The van der Waals surface area contributed by atoms with Gasteiger partial charge in [0.15, 0.2) is 5.79 Å². The molecule has 1 N–H and O–H groups in total. The van der Waals surface area contributed by atoms with Crippen molar-refractivity contribution in [2.45, 2.75) is 111 Å². The van der Waals surface area contributed by atoms with Crippen molar-refractivity contribution in [2.75, 3.05) is 28.4 Å². The van der Waals surface area contributed by atoms with Crippen LogP contribution in [0.5, 0.6) is 0 Å². The topological polar surface area (TPSA) is 92.7 Å². The number of allylic oxidation sites excluding steroid dienone is 5. The zero-order valence-electron chi connectivity index (χ0n) is 29.1. The average molecular weight is 619 g/mol. The zero-order valence-corrected chi connectivity index (χ0v) is 29.1. The first-order valence-electron chi connectivity index (χ1n) is 15.9. The Hall–Kier alpha value is -2.23. The summed E-state index contributed by atoms with van der Waals surface area (Å²) in [6.45, 7) is 16.2. The lowest BCUT2D eigenvalue weighted by atomic mass is 9.83. The van der Waals surface area contributed by atoms with Crippen LogP contribution in [0, 0.1) is 23.7 Å². The molecule has 0 spiro atoms. The molecule has 7 unspecified atom stereocenters. The summed E-state index contributed by atoms with van der Waals surface area (Å²) >= 11 is 0. The second kappa shape index (κ2) is 17.5. The van der Waals surface area contributed by atoms with E-state index in [0.29, 0.717) is 6.42 Å². The van der Waals surface area contributed by atoms with Crippen LogP contribution in [0.15, 0.2) is 58.9 Å². The van der Waals surface area contributed by atoms with Crippen molar-refractivity contribution in [3.63, 3.8) is 0 Å². The van der Waals surface area contributed by atoms with E-state index in [-0.39, 0.29) is 41.6 Å².